The number of ether oxygens (including phenoxy) is 1. The van der Waals surface area contributed by atoms with Crippen molar-refractivity contribution in [2.45, 2.75) is 19.8 Å². The lowest BCUT2D eigenvalue weighted by atomic mass is 9.81. The standard InChI is InChI=1S/C13H15N3O2/c1-10-11(3-2-6-15-10)16-12(17)13(9-14)4-7-18-8-5-13/h2-3,6H,4-5,7-8H2,1H3,(H,16,17). The van der Waals surface area contributed by atoms with Crippen molar-refractivity contribution in [3.05, 3.63) is 24.0 Å². The van der Waals surface area contributed by atoms with E-state index in [0.29, 0.717) is 31.7 Å². The molecule has 2 heterocycles. The summed E-state index contributed by atoms with van der Waals surface area (Å²) in [5, 5.41) is 12.1. The summed E-state index contributed by atoms with van der Waals surface area (Å²) in [5.74, 6) is -0.260. The van der Waals surface area contributed by atoms with E-state index in [1.165, 1.54) is 0 Å². The number of nitrogens with zero attached hydrogens (tertiary/aromatic N) is 2. The molecule has 5 nitrogen and oxygen atoms in total. The lowest BCUT2D eigenvalue weighted by molar-refractivity contribution is -0.126. The van der Waals surface area contributed by atoms with Gasteiger partial charge < -0.3 is 10.1 Å². The van der Waals surface area contributed by atoms with Crippen molar-refractivity contribution in [3.63, 3.8) is 0 Å². The number of amides is 1. The third-order valence-electron chi connectivity index (χ3n) is 3.25. The molecule has 0 bridgehead atoms. The molecule has 94 valence electrons. The molecule has 0 spiro atoms. The van der Waals surface area contributed by atoms with Gasteiger partial charge in [-0.2, -0.15) is 5.26 Å². The van der Waals surface area contributed by atoms with Gasteiger partial charge in [-0.3, -0.25) is 9.78 Å². The van der Waals surface area contributed by atoms with Gasteiger partial charge in [-0.25, -0.2) is 0 Å². The topological polar surface area (TPSA) is 75.0 Å². The molecule has 1 aliphatic rings. The molecule has 0 atom stereocenters. The molecule has 1 aromatic rings. The first kappa shape index (κ1) is 12.5. The predicted octanol–water partition coefficient (Wildman–Crippen LogP) is 1.65. The van der Waals surface area contributed by atoms with Crippen LogP contribution in [0.3, 0.4) is 0 Å². The third kappa shape index (κ3) is 2.34. The van der Waals surface area contributed by atoms with Crippen LogP contribution in [0.5, 0.6) is 0 Å². The Morgan fingerprint density at radius 1 is 1.56 bits per heavy atom. The van der Waals surface area contributed by atoms with Crippen molar-refractivity contribution in [1.82, 2.24) is 4.98 Å². The van der Waals surface area contributed by atoms with Crippen LogP contribution >= 0.6 is 0 Å². The van der Waals surface area contributed by atoms with Gasteiger partial charge in [0.15, 0.2) is 0 Å². The zero-order valence-corrected chi connectivity index (χ0v) is 10.3. The van der Waals surface area contributed by atoms with Crippen molar-refractivity contribution in [1.29, 1.82) is 5.26 Å². The van der Waals surface area contributed by atoms with Gasteiger partial charge in [-0.05, 0) is 31.9 Å². The van der Waals surface area contributed by atoms with Crippen LogP contribution in [0.4, 0.5) is 5.69 Å². The summed E-state index contributed by atoms with van der Waals surface area (Å²) in [7, 11) is 0. The number of pyridine rings is 1. The maximum Gasteiger partial charge on any atom is 0.245 e. The summed E-state index contributed by atoms with van der Waals surface area (Å²) in [5.41, 5.74) is 0.426. The Balaban J connectivity index is 2.16. The Morgan fingerprint density at radius 3 is 2.89 bits per heavy atom. The maximum absolute atomic E-state index is 12.3. The SMILES string of the molecule is Cc1ncccc1NC(=O)C1(C#N)CCOCC1. The summed E-state index contributed by atoms with van der Waals surface area (Å²) in [4.78, 5) is 16.4. The van der Waals surface area contributed by atoms with E-state index in [-0.39, 0.29) is 5.91 Å². The number of hydrogen-bond donors (Lipinski definition) is 1. The highest BCUT2D eigenvalue weighted by Crippen LogP contribution is 2.31. The number of nitriles is 1. The minimum Gasteiger partial charge on any atom is -0.381 e. The minimum atomic E-state index is -0.972. The van der Waals surface area contributed by atoms with E-state index < -0.39 is 5.41 Å². The van der Waals surface area contributed by atoms with Crippen molar-refractivity contribution in [2.75, 3.05) is 18.5 Å². The predicted molar refractivity (Wildman–Crippen MR) is 65.7 cm³/mol. The van der Waals surface area contributed by atoms with Crippen molar-refractivity contribution >= 4 is 11.6 Å². The van der Waals surface area contributed by atoms with Crippen LogP contribution < -0.4 is 5.32 Å². The average Bonchev–Trinajstić information content (AvgIpc) is 2.42. The van der Waals surface area contributed by atoms with Crippen LogP contribution in [0.15, 0.2) is 18.3 Å². The lowest BCUT2D eigenvalue weighted by Crippen LogP contribution is -2.40. The smallest absolute Gasteiger partial charge is 0.245 e. The molecule has 1 saturated heterocycles. The number of anilines is 1. The zero-order chi connectivity index (χ0) is 13.0. The van der Waals surface area contributed by atoms with E-state index in [0.717, 1.165) is 5.69 Å². The molecule has 2 rings (SSSR count). The normalized spacial score (nSPS) is 17.8. The summed E-state index contributed by atoms with van der Waals surface area (Å²) >= 11 is 0. The van der Waals surface area contributed by atoms with E-state index in [2.05, 4.69) is 16.4 Å². The molecule has 18 heavy (non-hydrogen) atoms. The quantitative estimate of drug-likeness (QED) is 0.859. The highest BCUT2D eigenvalue weighted by molar-refractivity contribution is 5.97. The second kappa shape index (κ2) is 5.15. The molecule has 1 aromatic heterocycles. The number of rotatable bonds is 2. The molecule has 0 saturated carbocycles. The van der Waals surface area contributed by atoms with E-state index in [1.54, 1.807) is 18.3 Å². The number of hydrogen-bond acceptors (Lipinski definition) is 4. The first-order chi connectivity index (χ1) is 8.68. The third-order valence-corrected chi connectivity index (χ3v) is 3.25. The number of nitrogens with one attached hydrogen (secondary N) is 1. The van der Waals surface area contributed by atoms with Crippen molar-refractivity contribution < 1.29 is 9.53 Å². The first-order valence-corrected chi connectivity index (χ1v) is 5.90. The van der Waals surface area contributed by atoms with Gasteiger partial charge in [0.1, 0.15) is 5.41 Å². The van der Waals surface area contributed by atoms with E-state index in [9.17, 15) is 10.1 Å². The Labute approximate surface area is 106 Å². The molecule has 0 aliphatic carbocycles. The van der Waals surface area contributed by atoms with E-state index >= 15 is 0 Å². The maximum atomic E-state index is 12.3. The number of aryl methyl sites for hydroxylation is 1. The first-order valence-electron chi connectivity index (χ1n) is 5.90. The molecule has 1 aliphatic heterocycles. The van der Waals surface area contributed by atoms with Gasteiger partial charge in [0.05, 0.1) is 17.5 Å². The minimum absolute atomic E-state index is 0.260. The second-order valence-corrected chi connectivity index (χ2v) is 4.40. The van der Waals surface area contributed by atoms with Gasteiger partial charge in [-0.1, -0.05) is 0 Å². The highest BCUT2D eigenvalue weighted by atomic mass is 16.5. The molecular formula is C13H15N3O2. The van der Waals surface area contributed by atoms with Crippen LogP contribution in [0.2, 0.25) is 0 Å². The molecule has 0 unspecified atom stereocenters. The summed E-state index contributed by atoms with van der Waals surface area (Å²) < 4.78 is 5.21. The molecule has 0 aromatic carbocycles. The van der Waals surface area contributed by atoms with Gasteiger partial charge in [0.2, 0.25) is 5.91 Å². The number of carbonyl (C=O) groups excluding carboxylic acids is 1. The van der Waals surface area contributed by atoms with Gasteiger partial charge in [0, 0.05) is 19.4 Å². The van der Waals surface area contributed by atoms with Gasteiger partial charge in [-0.15, -0.1) is 0 Å². The van der Waals surface area contributed by atoms with Crippen LogP contribution in [-0.4, -0.2) is 24.1 Å². The summed E-state index contributed by atoms with van der Waals surface area (Å²) in [6.07, 6.45) is 2.54. The molecule has 5 heteroatoms. The average molecular weight is 245 g/mol. The molecular weight excluding hydrogens is 230 g/mol. The monoisotopic (exact) mass is 245 g/mol. The number of aromatic nitrogens is 1. The van der Waals surface area contributed by atoms with E-state index in [4.69, 9.17) is 4.74 Å². The molecule has 1 N–H and O–H groups in total. The van der Waals surface area contributed by atoms with Crippen LogP contribution in [0.25, 0.3) is 0 Å². The molecule has 0 radical (unpaired) electrons. The zero-order valence-electron chi connectivity index (χ0n) is 10.3. The fourth-order valence-corrected chi connectivity index (χ4v) is 1.97. The fourth-order valence-electron chi connectivity index (χ4n) is 1.97. The Hall–Kier alpha value is -1.93. The fraction of sp³-hybridized carbons (Fsp3) is 0.462. The highest BCUT2D eigenvalue weighted by Gasteiger charge is 2.40. The van der Waals surface area contributed by atoms with Crippen molar-refractivity contribution in [3.8, 4) is 6.07 Å². The number of carbonyl (C=O) groups is 1. The molecule has 1 fully saturated rings. The summed E-state index contributed by atoms with van der Waals surface area (Å²) in [6, 6.07) is 5.68. The Kier molecular flexibility index (Phi) is 3.58. The Bertz CT molecular complexity index is 487. The van der Waals surface area contributed by atoms with Gasteiger partial charge >= 0.3 is 0 Å². The van der Waals surface area contributed by atoms with Crippen LogP contribution in [-0.2, 0) is 9.53 Å². The van der Waals surface area contributed by atoms with Crippen LogP contribution in [0, 0.1) is 23.7 Å². The summed E-state index contributed by atoms with van der Waals surface area (Å²) in [6.45, 7) is 2.72. The van der Waals surface area contributed by atoms with Crippen molar-refractivity contribution in [2.24, 2.45) is 5.41 Å². The van der Waals surface area contributed by atoms with Gasteiger partial charge in [0.25, 0.3) is 0 Å². The van der Waals surface area contributed by atoms with Crippen LogP contribution in [0.1, 0.15) is 18.5 Å². The largest absolute Gasteiger partial charge is 0.381 e. The van der Waals surface area contributed by atoms with E-state index in [1.807, 2.05) is 6.92 Å². The molecule has 1 amide bonds. The Morgan fingerprint density at radius 2 is 2.28 bits per heavy atom. The lowest BCUT2D eigenvalue weighted by Gasteiger charge is -2.29. The second-order valence-electron chi connectivity index (χ2n) is 4.40.